The maximum atomic E-state index is 13.6. The van der Waals surface area contributed by atoms with Crippen molar-refractivity contribution >= 4 is 0 Å². The van der Waals surface area contributed by atoms with Gasteiger partial charge >= 0.3 is 0 Å². The number of hydrogen-bond donors (Lipinski definition) is 1. The van der Waals surface area contributed by atoms with Crippen LogP contribution in [0, 0.1) is 5.82 Å². The molecule has 0 amide bonds. The number of rotatable bonds is 4. The second-order valence-electron chi connectivity index (χ2n) is 4.66. The molecule has 0 aromatic heterocycles. The molecule has 0 aliphatic heterocycles. The molecule has 0 radical (unpaired) electrons. The maximum Gasteiger partial charge on any atom is 0.127 e. The molecular weight excluding hydrogens is 189 g/mol. The summed E-state index contributed by atoms with van der Waals surface area (Å²) in [5.41, 5.74) is 1.94. The summed E-state index contributed by atoms with van der Waals surface area (Å²) in [5.74, 6) is 0.569. The van der Waals surface area contributed by atoms with Crippen molar-refractivity contribution in [3.8, 4) is 0 Å². The highest BCUT2D eigenvalue weighted by Gasteiger charge is 2.24. The lowest BCUT2D eigenvalue weighted by Crippen LogP contribution is -2.22. The zero-order valence-electron chi connectivity index (χ0n) is 9.39. The monoisotopic (exact) mass is 207 g/mol. The Hall–Kier alpha value is -0.890. The minimum Gasteiger partial charge on any atom is -0.310 e. The zero-order valence-corrected chi connectivity index (χ0v) is 9.39. The van der Waals surface area contributed by atoms with Crippen LogP contribution in [-0.2, 0) is 6.54 Å². The van der Waals surface area contributed by atoms with E-state index in [4.69, 9.17) is 0 Å². The zero-order chi connectivity index (χ0) is 10.8. The number of hydrogen-bond acceptors (Lipinski definition) is 1. The molecule has 0 atom stereocenters. The van der Waals surface area contributed by atoms with Gasteiger partial charge in [0.1, 0.15) is 5.82 Å². The average molecular weight is 207 g/mol. The molecule has 0 unspecified atom stereocenters. The van der Waals surface area contributed by atoms with E-state index >= 15 is 0 Å². The van der Waals surface area contributed by atoms with Gasteiger partial charge in [-0.3, -0.25) is 0 Å². The lowest BCUT2D eigenvalue weighted by Gasteiger charge is -2.09. The van der Waals surface area contributed by atoms with Gasteiger partial charge in [-0.1, -0.05) is 26.0 Å². The highest BCUT2D eigenvalue weighted by atomic mass is 19.1. The van der Waals surface area contributed by atoms with Crippen LogP contribution in [0.4, 0.5) is 4.39 Å². The Labute approximate surface area is 90.7 Å². The number of halogens is 1. The maximum absolute atomic E-state index is 13.6. The molecule has 1 saturated carbocycles. The number of benzene rings is 1. The Morgan fingerprint density at radius 1 is 1.40 bits per heavy atom. The second-order valence-corrected chi connectivity index (χ2v) is 4.66. The van der Waals surface area contributed by atoms with Gasteiger partial charge in [-0.2, -0.15) is 0 Å². The molecule has 0 saturated heterocycles. The fourth-order valence-electron chi connectivity index (χ4n) is 1.69. The van der Waals surface area contributed by atoms with Crippen LogP contribution in [0.1, 0.15) is 43.7 Å². The molecule has 2 heteroatoms. The number of nitrogens with one attached hydrogen (secondary N) is 1. The first kappa shape index (κ1) is 10.6. The van der Waals surface area contributed by atoms with E-state index < -0.39 is 0 Å². The van der Waals surface area contributed by atoms with Gasteiger partial charge in [-0.15, -0.1) is 0 Å². The average Bonchev–Trinajstić information content (AvgIpc) is 2.98. The van der Waals surface area contributed by atoms with Gasteiger partial charge in [0.2, 0.25) is 0 Å². The molecule has 15 heavy (non-hydrogen) atoms. The first-order chi connectivity index (χ1) is 7.16. The second kappa shape index (κ2) is 4.31. The molecule has 1 fully saturated rings. The molecule has 82 valence electrons. The summed E-state index contributed by atoms with van der Waals surface area (Å²) < 4.78 is 13.6. The molecule has 1 aliphatic carbocycles. The van der Waals surface area contributed by atoms with Crippen LogP contribution in [0.2, 0.25) is 0 Å². The van der Waals surface area contributed by atoms with E-state index in [1.54, 1.807) is 6.07 Å². The van der Waals surface area contributed by atoms with Gasteiger partial charge in [0.25, 0.3) is 0 Å². The van der Waals surface area contributed by atoms with Crippen LogP contribution in [-0.4, -0.2) is 6.04 Å². The van der Waals surface area contributed by atoms with E-state index in [1.165, 1.54) is 18.4 Å². The first-order valence-electron chi connectivity index (χ1n) is 5.68. The fraction of sp³-hybridized carbons (Fsp3) is 0.538. The van der Waals surface area contributed by atoms with Crippen LogP contribution in [0.3, 0.4) is 0 Å². The predicted octanol–water partition coefficient (Wildman–Crippen LogP) is 3.20. The summed E-state index contributed by atoms with van der Waals surface area (Å²) in [4.78, 5) is 0. The Bertz CT molecular complexity index is 342. The van der Waals surface area contributed by atoms with E-state index in [0.717, 1.165) is 5.56 Å². The minimum absolute atomic E-state index is 0.0625. The smallest absolute Gasteiger partial charge is 0.127 e. The Balaban J connectivity index is 2.05. The standard InChI is InChI=1S/C13H18FN/c1-9(2)15-8-12-6-5-11(7-13(12)14)10-3-4-10/h5-7,9-10,15H,3-4,8H2,1-2H3. The summed E-state index contributed by atoms with van der Waals surface area (Å²) in [7, 11) is 0. The van der Waals surface area contributed by atoms with Gasteiger partial charge < -0.3 is 5.32 Å². The summed E-state index contributed by atoms with van der Waals surface area (Å²) >= 11 is 0. The minimum atomic E-state index is -0.0625. The summed E-state index contributed by atoms with van der Waals surface area (Å²) in [6.07, 6.45) is 2.45. The van der Waals surface area contributed by atoms with Gasteiger partial charge in [0.05, 0.1) is 0 Å². The van der Waals surface area contributed by atoms with Crippen molar-refractivity contribution in [3.63, 3.8) is 0 Å². The lowest BCUT2D eigenvalue weighted by molar-refractivity contribution is 0.552. The van der Waals surface area contributed by atoms with E-state index in [2.05, 4.69) is 25.2 Å². The summed E-state index contributed by atoms with van der Waals surface area (Å²) in [5, 5.41) is 3.23. The van der Waals surface area contributed by atoms with Crippen molar-refractivity contribution in [2.45, 2.75) is 45.2 Å². The Morgan fingerprint density at radius 2 is 2.13 bits per heavy atom. The molecule has 2 rings (SSSR count). The van der Waals surface area contributed by atoms with Crippen molar-refractivity contribution < 1.29 is 4.39 Å². The Kier molecular flexibility index (Phi) is 3.06. The quantitative estimate of drug-likeness (QED) is 0.799. The van der Waals surface area contributed by atoms with Gasteiger partial charge in [0, 0.05) is 18.2 Å². The third-order valence-corrected chi connectivity index (χ3v) is 2.83. The fourth-order valence-corrected chi connectivity index (χ4v) is 1.69. The first-order valence-corrected chi connectivity index (χ1v) is 5.68. The van der Waals surface area contributed by atoms with Gasteiger partial charge in [-0.05, 0) is 30.4 Å². The third kappa shape index (κ3) is 2.78. The molecule has 0 spiro atoms. The summed E-state index contributed by atoms with van der Waals surface area (Å²) in [6, 6.07) is 6.08. The van der Waals surface area contributed by atoms with Crippen molar-refractivity contribution in [2.75, 3.05) is 0 Å². The van der Waals surface area contributed by atoms with Crippen molar-refractivity contribution in [2.24, 2.45) is 0 Å². The van der Waals surface area contributed by atoms with E-state index in [0.29, 0.717) is 18.5 Å². The highest BCUT2D eigenvalue weighted by molar-refractivity contribution is 5.29. The van der Waals surface area contributed by atoms with Gasteiger partial charge in [-0.25, -0.2) is 4.39 Å². The van der Waals surface area contributed by atoms with E-state index in [9.17, 15) is 4.39 Å². The normalized spacial score (nSPS) is 16.0. The predicted molar refractivity (Wildman–Crippen MR) is 60.4 cm³/mol. The van der Waals surface area contributed by atoms with Crippen LogP contribution in [0.5, 0.6) is 0 Å². The molecule has 1 aliphatic rings. The molecule has 1 aromatic carbocycles. The van der Waals surface area contributed by atoms with E-state index in [1.807, 2.05) is 6.07 Å². The van der Waals surface area contributed by atoms with Crippen LogP contribution < -0.4 is 5.32 Å². The van der Waals surface area contributed by atoms with Crippen LogP contribution >= 0.6 is 0 Å². The SMILES string of the molecule is CC(C)NCc1ccc(C2CC2)cc1F. The largest absolute Gasteiger partial charge is 0.310 e. The van der Waals surface area contributed by atoms with Crippen molar-refractivity contribution in [1.82, 2.24) is 5.32 Å². The molecule has 0 bridgehead atoms. The van der Waals surface area contributed by atoms with Crippen LogP contribution in [0.15, 0.2) is 18.2 Å². The van der Waals surface area contributed by atoms with Gasteiger partial charge in [0.15, 0.2) is 0 Å². The topological polar surface area (TPSA) is 12.0 Å². The van der Waals surface area contributed by atoms with Crippen molar-refractivity contribution in [3.05, 3.63) is 35.1 Å². The molecule has 1 nitrogen and oxygen atoms in total. The lowest BCUT2D eigenvalue weighted by atomic mass is 10.1. The van der Waals surface area contributed by atoms with Crippen molar-refractivity contribution in [1.29, 1.82) is 0 Å². The Morgan fingerprint density at radius 3 is 2.67 bits per heavy atom. The van der Waals surface area contributed by atoms with E-state index in [-0.39, 0.29) is 5.82 Å². The highest BCUT2D eigenvalue weighted by Crippen LogP contribution is 2.40. The van der Waals surface area contributed by atoms with Crippen LogP contribution in [0.25, 0.3) is 0 Å². The molecule has 0 heterocycles. The molecule has 1 N–H and O–H groups in total. The third-order valence-electron chi connectivity index (χ3n) is 2.83. The molecular formula is C13H18FN. The molecule has 1 aromatic rings. The summed E-state index contributed by atoms with van der Waals surface area (Å²) in [6.45, 7) is 4.75.